The normalized spacial score (nSPS) is 10.3. The van der Waals surface area contributed by atoms with Crippen molar-refractivity contribution in [3.63, 3.8) is 0 Å². The van der Waals surface area contributed by atoms with Crippen LogP contribution in [0.4, 0.5) is 11.4 Å². The number of aryl methyl sites for hydroxylation is 1. The molecular weight excluding hydrogens is 368 g/mol. The lowest BCUT2D eigenvalue weighted by molar-refractivity contribution is -0.117. The van der Waals surface area contributed by atoms with Gasteiger partial charge in [0.25, 0.3) is 0 Å². The third-order valence-corrected chi connectivity index (χ3v) is 4.41. The molecule has 0 saturated heterocycles. The Morgan fingerprint density at radius 2 is 1.83 bits per heavy atom. The molecule has 2 rings (SSSR count). The monoisotopic (exact) mass is 388 g/mol. The maximum absolute atomic E-state index is 12.2. The molecule has 0 unspecified atom stereocenters. The Hall–Kier alpha value is -2.14. The zero-order chi connectivity index (χ0) is 17.7. The van der Waals surface area contributed by atoms with Gasteiger partial charge < -0.3 is 10.2 Å². The summed E-state index contributed by atoms with van der Waals surface area (Å²) >= 11 is 3.37. The molecule has 0 aromatic heterocycles. The maximum Gasteiger partial charge on any atom is 0.226 e. The van der Waals surface area contributed by atoms with Crippen molar-refractivity contribution in [1.82, 2.24) is 0 Å². The summed E-state index contributed by atoms with van der Waals surface area (Å²) in [4.78, 5) is 25.8. The van der Waals surface area contributed by atoms with Gasteiger partial charge in [0.1, 0.15) is 0 Å². The average molecular weight is 389 g/mol. The fraction of sp³-hybridized carbons (Fsp3) is 0.263. The number of hydrogen-bond donors (Lipinski definition) is 1. The van der Waals surface area contributed by atoms with Gasteiger partial charge in [-0.3, -0.25) is 9.59 Å². The highest BCUT2D eigenvalue weighted by molar-refractivity contribution is 9.10. The van der Waals surface area contributed by atoms with E-state index >= 15 is 0 Å². The van der Waals surface area contributed by atoms with Gasteiger partial charge in [-0.2, -0.15) is 0 Å². The summed E-state index contributed by atoms with van der Waals surface area (Å²) in [6, 6.07) is 13.3. The zero-order valence-electron chi connectivity index (χ0n) is 14.1. The lowest BCUT2D eigenvalue weighted by Crippen LogP contribution is -2.32. The molecule has 24 heavy (non-hydrogen) atoms. The van der Waals surface area contributed by atoms with E-state index in [1.807, 2.05) is 56.3 Å². The summed E-state index contributed by atoms with van der Waals surface area (Å²) in [5, 5.41) is 2.85. The van der Waals surface area contributed by atoms with Gasteiger partial charge in [0.15, 0.2) is 0 Å². The quantitative estimate of drug-likeness (QED) is 0.822. The van der Waals surface area contributed by atoms with Crippen LogP contribution in [0.5, 0.6) is 0 Å². The number of amides is 2. The van der Waals surface area contributed by atoms with Gasteiger partial charge in [-0.1, -0.05) is 34.1 Å². The molecule has 0 saturated carbocycles. The summed E-state index contributed by atoms with van der Waals surface area (Å²) in [5.41, 5.74) is 3.77. The van der Waals surface area contributed by atoms with Crippen LogP contribution in [0.15, 0.2) is 46.9 Å². The molecule has 4 nitrogen and oxygen atoms in total. The number of halogens is 1. The second-order valence-corrected chi connectivity index (χ2v) is 6.61. The third kappa shape index (κ3) is 4.68. The summed E-state index contributed by atoms with van der Waals surface area (Å²) in [6.07, 6.45) is 0.236. The average Bonchev–Trinajstić information content (AvgIpc) is 2.51. The molecule has 0 radical (unpaired) electrons. The molecule has 126 valence electrons. The number of nitrogens with zero attached hydrogens (tertiary/aromatic N) is 1. The number of rotatable bonds is 5. The van der Waals surface area contributed by atoms with E-state index in [-0.39, 0.29) is 18.2 Å². The number of benzene rings is 2. The fourth-order valence-corrected chi connectivity index (χ4v) is 2.88. The predicted octanol–water partition coefficient (Wildman–Crippen LogP) is 4.45. The van der Waals surface area contributed by atoms with E-state index in [0.717, 1.165) is 27.0 Å². The van der Waals surface area contributed by atoms with Crippen molar-refractivity contribution in [3.8, 4) is 0 Å². The second-order valence-electron chi connectivity index (χ2n) is 5.70. The Morgan fingerprint density at radius 1 is 1.12 bits per heavy atom. The van der Waals surface area contributed by atoms with Crippen molar-refractivity contribution >= 4 is 39.1 Å². The minimum Gasteiger partial charge on any atom is -0.326 e. The van der Waals surface area contributed by atoms with E-state index in [0.29, 0.717) is 6.54 Å². The SMILES string of the molecule is CC(=O)N(CCC(=O)Nc1cccc(Br)c1)c1cccc(C)c1C. The number of nitrogens with one attached hydrogen (secondary N) is 1. The lowest BCUT2D eigenvalue weighted by atomic mass is 10.1. The topological polar surface area (TPSA) is 49.4 Å². The van der Waals surface area contributed by atoms with Crippen molar-refractivity contribution in [1.29, 1.82) is 0 Å². The van der Waals surface area contributed by atoms with Crippen molar-refractivity contribution in [3.05, 3.63) is 58.1 Å². The summed E-state index contributed by atoms with van der Waals surface area (Å²) in [7, 11) is 0. The Kier molecular flexibility index (Phi) is 6.15. The van der Waals surface area contributed by atoms with Crippen LogP contribution < -0.4 is 10.2 Å². The number of hydrogen-bond acceptors (Lipinski definition) is 2. The molecule has 0 aliphatic rings. The standard InChI is InChI=1S/C19H21BrN2O2/c1-13-6-4-9-18(14(13)2)22(15(3)23)11-10-19(24)21-17-8-5-7-16(20)12-17/h4-9,12H,10-11H2,1-3H3,(H,21,24). The van der Waals surface area contributed by atoms with E-state index in [2.05, 4.69) is 21.2 Å². The maximum atomic E-state index is 12.2. The molecule has 2 amide bonds. The van der Waals surface area contributed by atoms with Gasteiger partial charge in [0.2, 0.25) is 11.8 Å². The fourth-order valence-electron chi connectivity index (χ4n) is 2.48. The van der Waals surface area contributed by atoms with E-state index in [4.69, 9.17) is 0 Å². The molecule has 0 bridgehead atoms. The Labute approximate surface area is 151 Å². The van der Waals surface area contributed by atoms with E-state index in [1.54, 1.807) is 4.90 Å². The van der Waals surface area contributed by atoms with Gasteiger partial charge in [-0.15, -0.1) is 0 Å². The minimum absolute atomic E-state index is 0.0704. The largest absolute Gasteiger partial charge is 0.326 e. The zero-order valence-corrected chi connectivity index (χ0v) is 15.7. The van der Waals surface area contributed by atoms with Gasteiger partial charge >= 0.3 is 0 Å². The number of carbonyl (C=O) groups excluding carboxylic acids is 2. The molecule has 0 heterocycles. The molecule has 0 spiro atoms. The molecule has 5 heteroatoms. The van der Waals surface area contributed by atoms with Crippen LogP contribution in [0.2, 0.25) is 0 Å². The van der Waals surface area contributed by atoms with Crippen LogP contribution in [0.1, 0.15) is 24.5 Å². The van der Waals surface area contributed by atoms with Crippen LogP contribution in [0.3, 0.4) is 0 Å². The summed E-state index contributed by atoms with van der Waals surface area (Å²) < 4.78 is 0.904. The van der Waals surface area contributed by atoms with E-state index < -0.39 is 0 Å². The molecule has 2 aromatic rings. The molecule has 0 aliphatic heterocycles. The first-order valence-electron chi connectivity index (χ1n) is 7.78. The number of anilines is 2. The highest BCUT2D eigenvalue weighted by Gasteiger charge is 2.16. The summed E-state index contributed by atoms with van der Waals surface area (Å²) in [5.74, 6) is -0.191. The van der Waals surface area contributed by atoms with Crippen LogP contribution in [-0.4, -0.2) is 18.4 Å². The minimum atomic E-state index is -0.121. The lowest BCUT2D eigenvalue weighted by Gasteiger charge is -2.23. The Morgan fingerprint density at radius 3 is 2.50 bits per heavy atom. The summed E-state index contributed by atoms with van der Waals surface area (Å²) in [6.45, 7) is 5.87. The molecule has 2 aromatic carbocycles. The first-order chi connectivity index (χ1) is 11.4. The number of carbonyl (C=O) groups is 2. The van der Waals surface area contributed by atoms with Crippen LogP contribution in [-0.2, 0) is 9.59 Å². The van der Waals surface area contributed by atoms with Gasteiger partial charge in [-0.25, -0.2) is 0 Å². The van der Waals surface area contributed by atoms with Crippen molar-refractivity contribution in [2.24, 2.45) is 0 Å². The highest BCUT2D eigenvalue weighted by atomic mass is 79.9. The van der Waals surface area contributed by atoms with Crippen molar-refractivity contribution < 1.29 is 9.59 Å². The molecule has 1 N–H and O–H groups in total. The highest BCUT2D eigenvalue weighted by Crippen LogP contribution is 2.23. The van der Waals surface area contributed by atoms with Crippen LogP contribution in [0, 0.1) is 13.8 Å². The van der Waals surface area contributed by atoms with Crippen LogP contribution >= 0.6 is 15.9 Å². The third-order valence-electron chi connectivity index (χ3n) is 3.92. The molecule has 0 aliphatic carbocycles. The van der Waals surface area contributed by atoms with Gasteiger partial charge in [0.05, 0.1) is 0 Å². The van der Waals surface area contributed by atoms with Crippen LogP contribution in [0.25, 0.3) is 0 Å². The molecular formula is C19H21BrN2O2. The Balaban J connectivity index is 2.05. The smallest absolute Gasteiger partial charge is 0.226 e. The second kappa shape index (κ2) is 8.11. The predicted molar refractivity (Wildman–Crippen MR) is 101 cm³/mol. The van der Waals surface area contributed by atoms with Crippen molar-refractivity contribution in [2.45, 2.75) is 27.2 Å². The molecule has 0 atom stereocenters. The first kappa shape index (κ1) is 18.2. The van der Waals surface area contributed by atoms with Gasteiger partial charge in [0, 0.05) is 35.7 Å². The first-order valence-corrected chi connectivity index (χ1v) is 8.57. The van der Waals surface area contributed by atoms with E-state index in [1.165, 1.54) is 6.92 Å². The van der Waals surface area contributed by atoms with Gasteiger partial charge in [-0.05, 0) is 49.2 Å². The molecule has 0 fully saturated rings. The van der Waals surface area contributed by atoms with E-state index in [9.17, 15) is 9.59 Å². The van der Waals surface area contributed by atoms with Crippen molar-refractivity contribution in [2.75, 3.05) is 16.8 Å². The Bertz CT molecular complexity index is 759.